The molecule has 0 saturated carbocycles. The van der Waals surface area contributed by atoms with Gasteiger partial charge in [-0.05, 0) is 271 Å². The number of thiophene rings is 1. The van der Waals surface area contributed by atoms with Crippen LogP contribution in [0.25, 0.3) is 164 Å². The first kappa shape index (κ1) is 87.1. The molecule has 0 radical (unpaired) electrons. The number of furan rings is 1. The van der Waals surface area contributed by atoms with Gasteiger partial charge >= 0.3 is 0 Å². The standard InChI is InChI=1S/C130H119BN4OS/c1-124(2,3)84-52-59-107-99(67-84)100-68-85(125(4,5)6)53-60-108(100)132(107)91-56-57-105-112(75-91)135(122-97(79-39-27-23-28-40-79)71-89(129(16,17)18)72-98(122)80-41-29-24-30-42-80)114-77-92(133-109-61-54-86(126(7,8)9)69-101(109)102-70-87(127(10,11)12)55-62-110(102)133)76-113-121(114)131(105)106-66-81(83-63-82(78-37-25-22-26-38-78)64-88(65-83)128(13,14)15)51-58-111(106)134(113)123-103(93-45-35-48-116-119(93)95-43-31-33-47-115(95)136-116)73-90(130(19,20)21)74-104(123)94-46-36-50-118-120(94)96-44-32-34-49-117(96)137-118/h22-77H,1-21H3. The molecule has 2 aliphatic rings. The zero-order chi connectivity index (χ0) is 95.0. The van der Waals surface area contributed by atoms with Crippen LogP contribution in [0.1, 0.15) is 184 Å². The lowest BCUT2D eigenvalue weighted by molar-refractivity contribution is 0.590. The van der Waals surface area contributed by atoms with E-state index in [4.69, 9.17) is 4.42 Å². The molecule has 4 aromatic heterocycles. The number of rotatable bonds is 10. The number of anilines is 6. The van der Waals surface area contributed by atoms with Crippen LogP contribution in [0.2, 0.25) is 0 Å². The number of fused-ring (bicyclic) bond motifs is 16. The van der Waals surface area contributed by atoms with E-state index in [0.717, 1.165) is 140 Å². The molecule has 0 bridgehead atoms. The van der Waals surface area contributed by atoms with Gasteiger partial charge in [0.25, 0.3) is 6.71 Å². The Hall–Kier alpha value is -14.0. The van der Waals surface area contributed by atoms with Crippen LogP contribution in [0.4, 0.5) is 34.1 Å². The average Bonchev–Trinajstić information content (AvgIpc) is 1.06. The average molecular weight is 1800 g/mol. The second-order valence-electron chi connectivity index (χ2n) is 46.2. The van der Waals surface area contributed by atoms with Gasteiger partial charge in [0.2, 0.25) is 0 Å². The molecule has 2 aliphatic heterocycles. The van der Waals surface area contributed by atoms with Gasteiger partial charge in [0, 0.05) is 103 Å². The van der Waals surface area contributed by atoms with Crippen molar-refractivity contribution in [1.29, 1.82) is 0 Å². The number of nitrogens with zero attached hydrogens (tertiary/aromatic N) is 4. The summed E-state index contributed by atoms with van der Waals surface area (Å²) in [5, 5.41) is 9.56. The van der Waals surface area contributed by atoms with E-state index in [9.17, 15) is 0 Å². The van der Waals surface area contributed by atoms with E-state index in [1.165, 1.54) is 114 Å². The van der Waals surface area contributed by atoms with Crippen LogP contribution in [-0.4, -0.2) is 15.8 Å². The van der Waals surface area contributed by atoms with E-state index in [-0.39, 0.29) is 37.9 Å². The van der Waals surface area contributed by atoms with Gasteiger partial charge in [0.05, 0.1) is 39.1 Å². The second kappa shape index (κ2) is 31.3. The van der Waals surface area contributed by atoms with Crippen LogP contribution in [0.15, 0.2) is 344 Å². The van der Waals surface area contributed by atoms with Crippen molar-refractivity contribution < 1.29 is 4.42 Å². The molecule has 0 fully saturated rings. The summed E-state index contributed by atoms with van der Waals surface area (Å²) in [4.78, 5) is 5.61. The minimum atomic E-state index is -0.413. The highest BCUT2D eigenvalue weighted by Gasteiger charge is 2.47. The van der Waals surface area contributed by atoms with Gasteiger partial charge in [0.1, 0.15) is 11.2 Å². The van der Waals surface area contributed by atoms with Crippen molar-refractivity contribution in [2.24, 2.45) is 0 Å². The summed E-state index contributed by atoms with van der Waals surface area (Å²) in [7, 11) is 0. The minimum absolute atomic E-state index is 0.110. The predicted molar refractivity (Wildman–Crippen MR) is 593 cm³/mol. The zero-order valence-corrected chi connectivity index (χ0v) is 83.8. The first-order valence-corrected chi connectivity index (χ1v) is 49.9. The third kappa shape index (κ3) is 14.5. The van der Waals surface area contributed by atoms with Crippen molar-refractivity contribution in [2.75, 3.05) is 9.80 Å². The van der Waals surface area contributed by atoms with Gasteiger partial charge in [-0.25, -0.2) is 0 Å². The summed E-state index contributed by atoms with van der Waals surface area (Å²) >= 11 is 1.88. The van der Waals surface area contributed by atoms with Gasteiger partial charge in [-0.15, -0.1) is 11.3 Å². The highest BCUT2D eigenvalue weighted by atomic mass is 32.1. The Balaban J connectivity index is 0.959. The maximum Gasteiger partial charge on any atom is 0.252 e. The molecule has 0 amide bonds. The lowest BCUT2D eigenvalue weighted by atomic mass is 9.33. The van der Waals surface area contributed by atoms with E-state index in [2.05, 4.69) is 504 Å². The fourth-order valence-electron chi connectivity index (χ4n) is 22.1. The molecule has 5 nitrogen and oxygen atoms in total. The summed E-state index contributed by atoms with van der Waals surface area (Å²) in [5.41, 5.74) is 39.8. The van der Waals surface area contributed by atoms with E-state index in [1.54, 1.807) is 0 Å². The van der Waals surface area contributed by atoms with Crippen LogP contribution >= 0.6 is 11.3 Å². The number of hydrogen-bond donors (Lipinski definition) is 0. The molecule has 0 N–H and O–H groups in total. The molecule has 0 spiro atoms. The van der Waals surface area contributed by atoms with Crippen molar-refractivity contribution in [1.82, 2.24) is 9.13 Å². The van der Waals surface area contributed by atoms with Crippen LogP contribution < -0.4 is 26.2 Å². The maximum atomic E-state index is 7.15. The van der Waals surface area contributed by atoms with Crippen molar-refractivity contribution >= 4 is 154 Å². The Morgan fingerprint density at radius 1 is 0.226 bits per heavy atom. The molecule has 0 aliphatic carbocycles. The summed E-state index contributed by atoms with van der Waals surface area (Å²) in [6.07, 6.45) is 0. The monoisotopic (exact) mass is 1790 g/mol. The van der Waals surface area contributed by atoms with Crippen molar-refractivity contribution in [3.05, 3.63) is 379 Å². The molecule has 7 heteroatoms. The molecule has 674 valence electrons. The van der Waals surface area contributed by atoms with Crippen molar-refractivity contribution in [3.8, 4) is 78.1 Å². The molecular formula is C130H119BN4OS. The van der Waals surface area contributed by atoms with E-state index >= 15 is 0 Å². The highest BCUT2D eigenvalue weighted by Crippen LogP contribution is 2.59. The minimum Gasteiger partial charge on any atom is -0.456 e. The Bertz CT molecular complexity index is 8220. The number of para-hydroxylation sites is 1. The number of aromatic nitrogens is 2. The summed E-state index contributed by atoms with van der Waals surface area (Å²) in [6, 6.07) is 133. The van der Waals surface area contributed by atoms with Gasteiger partial charge in [-0.3, -0.25) is 0 Å². The SMILES string of the molecule is CC(C)(C)c1cc(-c2ccccc2)cc(-c2ccc3c(c2)B2c4ccc(-n5c6ccc(C(C)(C)C)cc6c6cc(C(C)(C)C)ccc65)cc4N(c4c(-c5ccccc5)cc(C(C)(C)C)cc4-c4ccccc4)c4cc(-n5c6ccc(C(C)(C)C)cc6c6cc(C(C)(C)C)ccc65)cc(c42)N3c2c(-c3cccc4oc5ccccc5c34)cc(C(C)(C)C)cc2-c2cccc3sc4ccccc4c23)c1. The Morgan fingerprint density at radius 3 is 1.12 bits per heavy atom. The summed E-state index contributed by atoms with van der Waals surface area (Å²) in [6.45, 7) is 49.3. The number of benzene rings is 17. The molecule has 23 rings (SSSR count). The third-order valence-corrected chi connectivity index (χ3v) is 30.9. The quantitative estimate of drug-likeness (QED) is 0.128. The van der Waals surface area contributed by atoms with E-state index in [0.29, 0.717) is 0 Å². The van der Waals surface area contributed by atoms with Gasteiger partial charge in [-0.1, -0.05) is 352 Å². The van der Waals surface area contributed by atoms with Crippen LogP contribution in [0, 0.1) is 0 Å². The summed E-state index contributed by atoms with van der Waals surface area (Å²) in [5.74, 6) is 0. The van der Waals surface area contributed by atoms with Crippen molar-refractivity contribution in [2.45, 2.75) is 183 Å². The van der Waals surface area contributed by atoms with Crippen LogP contribution in [-0.2, 0) is 37.9 Å². The molecule has 17 aromatic carbocycles. The van der Waals surface area contributed by atoms with Crippen molar-refractivity contribution in [3.63, 3.8) is 0 Å². The largest absolute Gasteiger partial charge is 0.456 e. The summed E-state index contributed by atoms with van der Waals surface area (Å²) < 4.78 is 14.9. The van der Waals surface area contributed by atoms with Crippen LogP contribution in [0.3, 0.4) is 0 Å². The predicted octanol–water partition coefficient (Wildman–Crippen LogP) is 35.3. The second-order valence-corrected chi connectivity index (χ2v) is 47.2. The van der Waals surface area contributed by atoms with Gasteiger partial charge in [-0.2, -0.15) is 0 Å². The normalized spacial score (nSPS) is 13.4. The first-order chi connectivity index (χ1) is 65.3. The molecule has 0 saturated heterocycles. The van der Waals surface area contributed by atoms with E-state index in [1.807, 2.05) is 11.3 Å². The maximum absolute atomic E-state index is 7.15. The lowest BCUT2D eigenvalue weighted by Crippen LogP contribution is -2.61. The molecular weight excluding hydrogens is 1680 g/mol. The van der Waals surface area contributed by atoms with Crippen LogP contribution in [0.5, 0.6) is 0 Å². The molecule has 21 aromatic rings. The molecule has 0 atom stereocenters. The lowest BCUT2D eigenvalue weighted by Gasteiger charge is -2.46. The fourth-order valence-corrected chi connectivity index (χ4v) is 23.2. The van der Waals surface area contributed by atoms with E-state index < -0.39 is 6.71 Å². The first-order valence-electron chi connectivity index (χ1n) is 49.1. The third-order valence-electron chi connectivity index (χ3n) is 29.7. The van der Waals surface area contributed by atoms with Gasteiger partial charge < -0.3 is 23.4 Å². The highest BCUT2D eigenvalue weighted by molar-refractivity contribution is 7.26. The zero-order valence-electron chi connectivity index (χ0n) is 83.0. The molecule has 6 heterocycles. The Kier molecular flexibility index (Phi) is 19.9. The molecule has 0 unspecified atom stereocenters. The van der Waals surface area contributed by atoms with Gasteiger partial charge in [0.15, 0.2) is 0 Å². The fraction of sp³-hybridized carbons (Fsp3) is 0.215. The molecule has 137 heavy (non-hydrogen) atoms. The smallest absolute Gasteiger partial charge is 0.252 e. The topological polar surface area (TPSA) is 29.5 Å². The Morgan fingerprint density at radius 2 is 0.620 bits per heavy atom. The Labute approximate surface area is 811 Å². The number of hydrogen-bond acceptors (Lipinski definition) is 4.